The average Bonchev–Trinajstić information content (AvgIpc) is 2.80. The second-order valence-corrected chi connectivity index (χ2v) is 8.61. The van der Waals surface area contributed by atoms with E-state index in [-0.39, 0.29) is 36.3 Å². The lowest BCUT2D eigenvalue weighted by Crippen LogP contribution is -2.37. The van der Waals surface area contributed by atoms with Gasteiger partial charge in [0.2, 0.25) is 0 Å². The molecule has 1 fully saturated rings. The van der Waals surface area contributed by atoms with Crippen LogP contribution in [-0.4, -0.2) is 53.9 Å². The van der Waals surface area contributed by atoms with Crippen LogP contribution >= 0.6 is 11.6 Å². The highest BCUT2D eigenvalue weighted by molar-refractivity contribution is 6.33. The van der Waals surface area contributed by atoms with Crippen molar-refractivity contribution in [2.75, 3.05) is 26.3 Å². The number of piperidine rings is 1. The molecule has 1 amide bonds. The van der Waals surface area contributed by atoms with Gasteiger partial charge in [-0.05, 0) is 68.7 Å². The minimum absolute atomic E-state index is 0.0741. The number of benzene rings is 1. The van der Waals surface area contributed by atoms with Crippen LogP contribution in [0.2, 0.25) is 5.02 Å². The van der Waals surface area contributed by atoms with Crippen LogP contribution in [0.3, 0.4) is 0 Å². The topological polar surface area (TPSA) is 88.4 Å². The molecule has 0 unspecified atom stereocenters. The maximum Gasteiger partial charge on any atom is 0.338 e. The minimum atomic E-state index is -0.501. The third-order valence-electron chi connectivity index (χ3n) is 5.67. The summed E-state index contributed by atoms with van der Waals surface area (Å²) in [6.45, 7) is 3.32. The van der Waals surface area contributed by atoms with Crippen LogP contribution in [0.15, 0.2) is 35.5 Å². The van der Waals surface area contributed by atoms with Gasteiger partial charge in [0.05, 0.1) is 22.9 Å². The quantitative estimate of drug-likeness (QED) is 0.388. The predicted octanol–water partition coefficient (Wildman–Crippen LogP) is 4.73. The Morgan fingerprint density at radius 1 is 1.18 bits per heavy atom. The Labute approximate surface area is 199 Å². The third-order valence-corrected chi connectivity index (χ3v) is 6.10. The highest BCUT2D eigenvalue weighted by atomic mass is 35.5. The van der Waals surface area contributed by atoms with Gasteiger partial charge < -0.3 is 19.6 Å². The molecule has 33 heavy (non-hydrogen) atoms. The molecule has 2 aliphatic heterocycles. The zero-order valence-corrected chi connectivity index (χ0v) is 19.8. The number of fused-ring (bicyclic) bond motifs is 1. The van der Waals surface area contributed by atoms with E-state index in [0.717, 1.165) is 45.2 Å². The average molecular weight is 475 g/mol. The van der Waals surface area contributed by atoms with Crippen molar-refractivity contribution < 1.29 is 24.3 Å². The fourth-order valence-electron chi connectivity index (χ4n) is 3.94. The molecule has 0 atom stereocenters. The number of nitrogens with zero attached hydrogens (tertiary/aromatic N) is 2. The molecule has 7 nitrogen and oxygen atoms in total. The number of carbonyl (C=O) groups is 2. The number of rotatable bonds is 3. The van der Waals surface area contributed by atoms with Crippen molar-refractivity contribution in [1.82, 2.24) is 4.90 Å². The summed E-state index contributed by atoms with van der Waals surface area (Å²) in [5.41, 5.74) is 1.78. The van der Waals surface area contributed by atoms with Gasteiger partial charge in [-0.3, -0.25) is 4.79 Å². The van der Waals surface area contributed by atoms with Gasteiger partial charge >= 0.3 is 5.97 Å². The molecule has 8 heteroatoms. The molecule has 0 spiro atoms. The van der Waals surface area contributed by atoms with Gasteiger partial charge in [0.1, 0.15) is 5.75 Å². The Balaban J connectivity index is 1.86. The molecule has 3 rings (SSSR count). The van der Waals surface area contributed by atoms with Crippen LogP contribution in [0.25, 0.3) is 0 Å². The maximum atomic E-state index is 12.8. The van der Waals surface area contributed by atoms with Gasteiger partial charge in [-0.2, -0.15) is 0 Å². The van der Waals surface area contributed by atoms with Crippen molar-refractivity contribution in [3.63, 3.8) is 0 Å². The highest BCUT2D eigenvalue weighted by Gasteiger charge is 2.23. The van der Waals surface area contributed by atoms with E-state index >= 15 is 0 Å². The number of phenolic OH excluding ortho intramolecular Hbond substituents is 1. The molecule has 0 radical (unpaired) electrons. The Bertz CT molecular complexity index is 949. The first-order chi connectivity index (χ1) is 16.0. The van der Waals surface area contributed by atoms with Crippen molar-refractivity contribution in [2.24, 2.45) is 5.16 Å². The maximum absolute atomic E-state index is 12.8. The van der Waals surface area contributed by atoms with Gasteiger partial charge in [-0.15, -0.1) is 0 Å². The largest absolute Gasteiger partial charge is 0.506 e. The summed E-state index contributed by atoms with van der Waals surface area (Å²) in [6.07, 6.45) is 13.3. The van der Waals surface area contributed by atoms with Crippen LogP contribution in [-0.2, 0) is 20.8 Å². The number of aromatic hydroxyl groups is 1. The highest BCUT2D eigenvalue weighted by Crippen LogP contribution is 2.33. The number of cyclic esters (lactones) is 1. The molecule has 0 aromatic heterocycles. The van der Waals surface area contributed by atoms with Crippen molar-refractivity contribution in [1.29, 1.82) is 0 Å². The smallest absolute Gasteiger partial charge is 0.338 e. The van der Waals surface area contributed by atoms with Gasteiger partial charge in [-0.1, -0.05) is 35.0 Å². The number of hydrogen-bond donors (Lipinski definition) is 1. The molecule has 1 aromatic rings. The summed E-state index contributed by atoms with van der Waals surface area (Å²) in [6, 6.07) is 1.45. The van der Waals surface area contributed by atoms with Crippen molar-refractivity contribution in [3.8, 4) is 5.75 Å². The normalized spacial score (nSPS) is 21.0. The van der Waals surface area contributed by atoms with Crippen LogP contribution in [0.5, 0.6) is 5.75 Å². The van der Waals surface area contributed by atoms with E-state index in [1.54, 1.807) is 17.9 Å². The van der Waals surface area contributed by atoms with Crippen LogP contribution in [0.1, 0.15) is 60.0 Å². The number of hydrogen-bond acceptors (Lipinski definition) is 6. The van der Waals surface area contributed by atoms with E-state index in [1.165, 1.54) is 6.07 Å². The van der Waals surface area contributed by atoms with E-state index in [1.807, 2.05) is 18.2 Å². The molecular weight excluding hydrogens is 444 g/mol. The van der Waals surface area contributed by atoms with Crippen LogP contribution in [0.4, 0.5) is 0 Å². The predicted molar refractivity (Wildman–Crippen MR) is 128 cm³/mol. The monoisotopic (exact) mass is 474 g/mol. The Morgan fingerprint density at radius 2 is 1.91 bits per heavy atom. The molecule has 0 bridgehead atoms. The number of oxime groups is 1. The first kappa shape index (κ1) is 24.8. The zero-order chi connectivity index (χ0) is 23.6. The number of ether oxygens (including phenoxy) is 1. The number of halogens is 1. The summed E-state index contributed by atoms with van der Waals surface area (Å²) in [4.78, 5) is 32.4. The van der Waals surface area contributed by atoms with E-state index in [0.29, 0.717) is 28.8 Å². The summed E-state index contributed by atoms with van der Waals surface area (Å²) in [5.74, 6) is -0.710. The summed E-state index contributed by atoms with van der Waals surface area (Å²) < 4.78 is 5.43. The summed E-state index contributed by atoms with van der Waals surface area (Å²) in [7, 11) is 0. The fraction of sp³-hybridized carbons (Fsp3) is 0.480. The number of likely N-dealkylation sites (tertiary alicyclic amines) is 1. The fourth-order valence-corrected chi connectivity index (χ4v) is 4.16. The number of amides is 1. The van der Waals surface area contributed by atoms with Crippen molar-refractivity contribution in [2.45, 2.75) is 51.9 Å². The molecule has 1 saturated heterocycles. The second kappa shape index (κ2) is 12.4. The number of carbonyl (C=O) groups excluding carboxylic acids is 2. The lowest BCUT2D eigenvalue weighted by Gasteiger charge is -2.26. The third kappa shape index (κ3) is 7.09. The first-order valence-corrected chi connectivity index (χ1v) is 11.8. The van der Waals surface area contributed by atoms with Gasteiger partial charge in [-0.25, -0.2) is 4.79 Å². The molecule has 178 valence electrons. The van der Waals surface area contributed by atoms with E-state index < -0.39 is 5.97 Å². The molecule has 0 saturated carbocycles. The van der Waals surface area contributed by atoms with Gasteiger partial charge in [0.15, 0.2) is 6.61 Å². The van der Waals surface area contributed by atoms with Crippen molar-refractivity contribution >= 4 is 29.2 Å². The number of allylic oxidation sites excluding steroid dienone is 3. The second-order valence-electron chi connectivity index (χ2n) is 8.23. The summed E-state index contributed by atoms with van der Waals surface area (Å²) in [5, 5.41) is 14.5. The minimum Gasteiger partial charge on any atom is -0.506 e. The Kier molecular flexibility index (Phi) is 9.36. The van der Waals surface area contributed by atoms with E-state index in [2.05, 4.69) is 5.16 Å². The van der Waals surface area contributed by atoms with Crippen molar-refractivity contribution in [3.05, 3.63) is 52.1 Å². The Hall–Kier alpha value is -2.80. The molecule has 2 aliphatic rings. The van der Waals surface area contributed by atoms with Gasteiger partial charge in [0.25, 0.3) is 5.91 Å². The Morgan fingerprint density at radius 3 is 2.70 bits per heavy atom. The van der Waals surface area contributed by atoms with Gasteiger partial charge in [0, 0.05) is 19.5 Å². The van der Waals surface area contributed by atoms with E-state index in [4.69, 9.17) is 21.2 Å². The lowest BCUT2D eigenvalue weighted by molar-refractivity contribution is -0.137. The van der Waals surface area contributed by atoms with E-state index in [9.17, 15) is 14.7 Å². The SMILES string of the molecule is Cc1cc(O)c(Cl)c2c1C(=O)OCC/C=C/CC/C=C/C(=N/OCC(=O)N1CCCCC1)C2. The molecule has 1 N–H and O–H groups in total. The molecule has 0 aliphatic carbocycles. The zero-order valence-electron chi connectivity index (χ0n) is 19.0. The molecular formula is C25H31ClN2O5. The number of esters is 1. The first-order valence-electron chi connectivity index (χ1n) is 11.4. The lowest BCUT2D eigenvalue weighted by atomic mass is 9.96. The standard InChI is InChI=1S/C25H31ClN2O5/c1-18-15-21(29)24(26)20-16-19(27-33-17-22(30)28-12-8-6-9-13-28)11-7-4-2-3-5-10-14-32-25(31)23(18)20/h3,5,7,11,15,29H,2,4,6,8-10,12-14,16-17H2,1H3/b5-3+,11-7+,27-19-. The molecule has 1 aromatic carbocycles. The van der Waals surface area contributed by atoms with Crippen LogP contribution < -0.4 is 0 Å². The summed E-state index contributed by atoms with van der Waals surface area (Å²) >= 11 is 6.40. The molecule has 2 heterocycles. The number of phenols is 1. The van der Waals surface area contributed by atoms with Crippen LogP contribution in [0, 0.1) is 6.92 Å². The number of aryl methyl sites for hydroxylation is 1.